The average Bonchev–Trinajstić information content (AvgIpc) is 2.77. The largest absolute Gasteiger partial charge is 0.338 e. The van der Waals surface area contributed by atoms with Crippen LogP contribution in [0.1, 0.15) is 38.5 Å². The normalized spacial score (nSPS) is 27.3. The summed E-state index contributed by atoms with van der Waals surface area (Å²) in [6, 6.07) is 0.267. The molecule has 19 heavy (non-hydrogen) atoms. The predicted octanol–water partition coefficient (Wildman–Crippen LogP) is 1.82. The summed E-state index contributed by atoms with van der Waals surface area (Å²) < 4.78 is 23.0. The van der Waals surface area contributed by atoms with Crippen LogP contribution < -0.4 is 0 Å². The fraction of sp³-hybridized carbons (Fsp3) is 0.923. The maximum atomic E-state index is 12.5. The highest BCUT2D eigenvalue weighted by atomic mass is 35.5. The van der Waals surface area contributed by atoms with E-state index in [1.54, 1.807) is 0 Å². The van der Waals surface area contributed by atoms with Crippen molar-refractivity contribution in [3.63, 3.8) is 0 Å². The van der Waals surface area contributed by atoms with Crippen molar-refractivity contribution in [1.29, 1.82) is 0 Å². The lowest BCUT2D eigenvalue weighted by atomic mass is 9.93. The fourth-order valence-electron chi connectivity index (χ4n) is 3.18. The van der Waals surface area contributed by atoms with E-state index < -0.39 is 9.84 Å². The molecule has 1 aliphatic heterocycles. The molecule has 0 spiro atoms. The van der Waals surface area contributed by atoms with Gasteiger partial charge in [-0.1, -0.05) is 19.3 Å². The number of halogens is 1. The highest BCUT2D eigenvalue weighted by molar-refractivity contribution is 7.91. The van der Waals surface area contributed by atoms with E-state index in [1.807, 2.05) is 4.90 Å². The number of nitrogens with zero attached hydrogens (tertiary/aromatic N) is 1. The summed E-state index contributed by atoms with van der Waals surface area (Å²) in [6.07, 6.45) is 6.08. The zero-order valence-corrected chi connectivity index (χ0v) is 12.8. The third-order valence-corrected chi connectivity index (χ3v) is 6.14. The molecule has 0 radical (unpaired) electrons. The van der Waals surface area contributed by atoms with E-state index in [1.165, 1.54) is 6.42 Å². The van der Waals surface area contributed by atoms with Gasteiger partial charge in [0, 0.05) is 18.5 Å². The highest BCUT2D eigenvalue weighted by Crippen LogP contribution is 2.27. The maximum absolute atomic E-state index is 12.5. The summed E-state index contributed by atoms with van der Waals surface area (Å²) in [5, 5.41) is 0. The van der Waals surface area contributed by atoms with Crippen LogP contribution in [0.25, 0.3) is 0 Å². The van der Waals surface area contributed by atoms with Gasteiger partial charge >= 0.3 is 0 Å². The van der Waals surface area contributed by atoms with Crippen molar-refractivity contribution in [2.45, 2.75) is 44.6 Å². The summed E-state index contributed by atoms with van der Waals surface area (Å²) in [5.74, 6) is 0.269. The van der Waals surface area contributed by atoms with Crippen LogP contribution >= 0.6 is 11.6 Å². The minimum atomic E-state index is -3.00. The molecule has 1 heterocycles. The minimum absolute atomic E-state index is 0.00799. The van der Waals surface area contributed by atoms with Gasteiger partial charge in [-0.3, -0.25) is 4.79 Å². The third kappa shape index (κ3) is 3.85. The maximum Gasteiger partial charge on any atom is 0.227 e. The minimum Gasteiger partial charge on any atom is -0.338 e. The van der Waals surface area contributed by atoms with Crippen LogP contribution in [0.2, 0.25) is 0 Å². The number of sulfone groups is 1. The SMILES string of the molecule is O=C(C1CCS(=O)(=O)C1)N(CCCl)C1CCCCC1. The number of rotatable bonds is 4. The molecule has 0 N–H and O–H groups in total. The number of alkyl halides is 1. The Balaban J connectivity index is 2.03. The fourth-order valence-corrected chi connectivity index (χ4v) is 5.10. The topological polar surface area (TPSA) is 54.5 Å². The first kappa shape index (κ1) is 15.1. The lowest BCUT2D eigenvalue weighted by molar-refractivity contribution is -0.137. The number of carbonyl (C=O) groups is 1. The molecule has 1 unspecified atom stereocenters. The first-order chi connectivity index (χ1) is 9.03. The predicted molar refractivity (Wildman–Crippen MR) is 76.1 cm³/mol. The Labute approximate surface area is 120 Å². The van der Waals surface area contributed by atoms with Crippen molar-refractivity contribution < 1.29 is 13.2 Å². The van der Waals surface area contributed by atoms with Gasteiger partial charge < -0.3 is 4.90 Å². The molecule has 0 bridgehead atoms. The molecule has 110 valence electrons. The number of hydrogen-bond donors (Lipinski definition) is 0. The van der Waals surface area contributed by atoms with E-state index in [2.05, 4.69) is 0 Å². The second kappa shape index (κ2) is 6.44. The summed E-state index contributed by atoms with van der Waals surface area (Å²) >= 11 is 5.81. The Hall–Kier alpha value is -0.290. The molecule has 2 aliphatic rings. The van der Waals surface area contributed by atoms with E-state index in [9.17, 15) is 13.2 Å². The zero-order chi connectivity index (χ0) is 13.9. The quantitative estimate of drug-likeness (QED) is 0.745. The van der Waals surface area contributed by atoms with Crippen LogP contribution in [0, 0.1) is 5.92 Å². The van der Waals surface area contributed by atoms with Gasteiger partial charge in [-0.05, 0) is 19.3 Å². The van der Waals surface area contributed by atoms with Crippen LogP contribution in [-0.2, 0) is 14.6 Å². The lowest BCUT2D eigenvalue weighted by Crippen LogP contribution is -2.45. The Morgan fingerprint density at radius 2 is 1.84 bits per heavy atom. The molecular weight excluding hydrogens is 286 g/mol. The molecule has 0 aromatic carbocycles. The van der Waals surface area contributed by atoms with Crippen molar-refractivity contribution in [1.82, 2.24) is 4.90 Å². The molecule has 1 saturated carbocycles. The molecule has 1 saturated heterocycles. The van der Waals surface area contributed by atoms with E-state index in [0.717, 1.165) is 25.7 Å². The van der Waals surface area contributed by atoms with Gasteiger partial charge in [0.25, 0.3) is 0 Å². The molecule has 0 aromatic rings. The van der Waals surface area contributed by atoms with Crippen LogP contribution in [0.3, 0.4) is 0 Å². The highest BCUT2D eigenvalue weighted by Gasteiger charge is 2.37. The van der Waals surface area contributed by atoms with Gasteiger partial charge in [0.05, 0.1) is 17.4 Å². The monoisotopic (exact) mass is 307 g/mol. The number of carbonyl (C=O) groups excluding carboxylic acids is 1. The summed E-state index contributed by atoms with van der Waals surface area (Å²) in [4.78, 5) is 14.4. The van der Waals surface area contributed by atoms with Crippen molar-refractivity contribution in [2.75, 3.05) is 23.9 Å². The molecule has 2 rings (SSSR count). The molecule has 4 nitrogen and oxygen atoms in total. The van der Waals surface area contributed by atoms with Gasteiger partial charge in [-0.2, -0.15) is 0 Å². The summed E-state index contributed by atoms with van der Waals surface area (Å²) in [5.41, 5.74) is 0. The standard InChI is InChI=1S/C13H22ClNO3S/c14-7-8-15(12-4-2-1-3-5-12)13(16)11-6-9-19(17,18)10-11/h11-12H,1-10H2. The average molecular weight is 308 g/mol. The Morgan fingerprint density at radius 3 is 2.37 bits per heavy atom. The van der Waals surface area contributed by atoms with Gasteiger partial charge in [0.15, 0.2) is 9.84 Å². The summed E-state index contributed by atoms with van der Waals surface area (Å²) in [7, 11) is -3.00. The van der Waals surface area contributed by atoms with Gasteiger partial charge in [-0.15, -0.1) is 11.6 Å². The third-order valence-electron chi connectivity index (χ3n) is 4.21. The first-order valence-corrected chi connectivity index (χ1v) is 9.46. The van der Waals surface area contributed by atoms with Crippen molar-refractivity contribution in [2.24, 2.45) is 5.92 Å². The van der Waals surface area contributed by atoms with Crippen LogP contribution in [-0.4, -0.2) is 49.2 Å². The van der Waals surface area contributed by atoms with E-state index in [0.29, 0.717) is 18.8 Å². The van der Waals surface area contributed by atoms with Crippen molar-refractivity contribution in [3.8, 4) is 0 Å². The zero-order valence-electron chi connectivity index (χ0n) is 11.2. The van der Waals surface area contributed by atoms with Crippen molar-refractivity contribution >= 4 is 27.3 Å². The number of hydrogen-bond acceptors (Lipinski definition) is 3. The van der Waals surface area contributed by atoms with Crippen molar-refractivity contribution in [3.05, 3.63) is 0 Å². The lowest BCUT2D eigenvalue weighted by Gasteiger charge is -2.35. The van der Waals surface area contributed by atoms with E-state index >= 15 is 0 Å². The molecule has 1 atom stereocenters. The van der Waals surface area contributed by atoms with Crippen LogP contribution in [0.4, 0.5) is 0 Å². The molecule has 6 heteroatoms. The molecule has 2 fully saturated rings. The van der Waals surface area contributed by atoms with Crippen LogP contribution in [0.15, 0.2) is 0 Å². The van der Waals surface area contributed by atoms with E-state index in [-0.39, 0.29) is 29.4 Å². The smallest absolute Gasteiger partial charge is 0.227 e. The second-order valence-corrected chi connectivity index (χ2v) is 8.22. The first-order valence-electron chi connectivity index (χ1n) is 7.10. The molecular formula is C13H22ClNO3S. The van der Waals surface area contributed by atoms with Crippen LogP contribution in [0.5, 0.6) is 0 Å². The Morgan fingerprint density at radius 1 is 1.16 bits per heavy atom. The molecule has 1 aliphatic carbocycles. The Bertz CT molecular complexity index is 418. The van der Waals surface area contributed by atoms with E-state index in [4.69, 9.17) is 11.6 Å². The summed E-state index contributed by atoms with van der Waals surface area (Å²) in [6.45, 7) is 0.543. The Kier molecular flexibility index (Phi) is 5.12. The van der Waals surface area contributed by atoms with Gasteiger partial charge in [0.1, 0.15) is 0 Å². The number of amides is 1. The molecule has 0 aromatic heterocycles. The van der Waals surface area contributed by atoms with Gasteiger partial charge in [-0.25, -0.2) is 8.42 Å². The second-order valence-electron chi connectivity index (χ2n) is 5.61. The van der Waals surface area contributed by atoms with Gasteiger partial charge in [0.2, 0.25) is 5.91 Å². The molecule has 1 amide bonds.